The number of aliphatic hydroxyl groups excluding tert-OH is 1. The average molecular weight is 286 g/mol. The molecule has 7 heteroatoms. The molecule has 20 heavy (non-hydrogen) atoms. The molecule has 0 aromatic carbocycles. The van der Waals surface area contributed by atoms with Gasteiger partial charge in [0, 0.05) is 17.9 Å². The Hall–Kier alpha value is -1.18. The monoisotopic (exact) mass is 286 g/mol. The van der Waals surface area contributed by atoms with Gasteiger partial charge in [-0.3, -0.25) is 4.79 Å². The third-order valence-electron chi connectivity index (χ3n) is 4.80. The van der Waals surface area contributed by atoms with E-state index in [9.17, 15) is 14.7 Å². The lowest BCUT2D eigenvalue weighted by atomic mass is 9.46. The van der Waals surface area contributed by atoms with Gasteiger partial charge in [0.1, 0.15) is 5.54 Å². The molecule has 4 atom stereocenters. The molecule has 0 radical (unpaired) electrons. The van der Waals surface area contributed by atoms with Gasteiger partial charge >= 0.3 is 5.97 Å². The molecule has 7 nitrogen and oxygen atoms in total. The maximum atomic E-state index is 12.3. The zero-order valence-electron chi connectivity index (χ0n) is 11.8. The van der Waals surface area contributed by atoms with E-state index in [2.05, 4.69) is 5.32 Å². The van der Waals surface area contributed by atoms with Crippen molar-refractivity contribution in [1.29, 1.82) is 0 Å². The molecule has 0 spiro atoms. The lowest BCUT2D eigenvalue weighted by Crippen LogP contribution is -2.82. The van der Waals surface area contributed by atoms with Crippen molar-refractivity contribution in [1.82, 2.24) is 5.32 Å². The van der Waals surface area contributed by atoms with Crippen LogP contribution in [-0.4, -0.2) is 53.0 Å². The van der Waals surface area contributed by atoms with Crippen LogP contribution in [0.3, 0.4) is 0 Å². The summed E-state index contributed by atoms with van der Waals surface area (Å²) < 4.78 is 5.70. The van der Waals surface area contributed by atoms with Crippen molar-refractivity contribution in [3.63, 3.8) is 0 Å². The number of aliphatic carboxylic acids is 1. The van der Waals surface area contributed by atoms with Gasteiger partial charge in [0.2, 0.25) is 5.91 Å². The summed E-state index contributed by atoms with van der Waals surface area (Å²) in [6, 6.07) is 0. The van der Waals surface area contributed by atoms with Gasteiger partial charge in [-0.05, 0) is 12.8 Å². The fourth-order valence-corrected chi connectivity index (χ4v) is 3.46. The molecule has 1 amide bonds. The number of nitrogens with two attached hydrogens (primary N) is 1. The van der Waals surface area contributed by atoms with Crippen LogP contribution in [-0.2, 0) is 14.3 Å². The second-order valence-electron chi connectivity index (χ2n) is 6.19. The Morgan fingerprint density at radius 3 is 2.75 bits per heavy atom. The first-order valence-electron chi connectivity index (χ1n) is 6.82. The summed E-state index contributed by atoms with van der Waals surface area (Å²) in [4.78, 5) is 22.9. The Labute approximate surface area is 117 Å². The lowest BCUT2D eigenvalue weighted by molar-refractivity contribution is -0.225. The molecule has 4 unspecified atom stereocenters. The van der Waals surface area contributed by atoms with Gasteiger partial charge in [0.15, 0.2) is 6.10 Å². The summed E-state index contributed by atoms with van der Waals surface area (Å²) in [5.74, 6) is -1.86. The fraction of sp³-hybridized carbons (Fsp3) is 0.846. The first-order valence-corrected chi connectivity index (χ1v) is 6.82. The molecule has 2 aliphatic rings. The zero-order chi connectivity index (χ0) is 15.1. The molecule has 2 rings (SSSR count). The quantitative estimate of drug-likeness (QED) is 0.530. The summed E-state index contributed by atoms with van der Waals surface area (Å²) in [6.07, 6.45) is 0.0151. The maximum absolute atomic E-state index is 12.3. The van der Waals surface area contributed by atoms with Crippen LogP contribution in [0, 0.1) is 11.3 Å². The predicted molar refractivity (Wildman–Crippen MR) is 69.8 cm³/mol. The van der Waals surface area contributed by atoms with Gasteiger partial charge in [0.05, 0.1) is 12.6 Å². The van der Waals surface area contributed by atoms with E-state index in [0.29, 0.717) is 6.61 Å². The van der Waals surface area contributed by atoms with Crippen LogP contribution in [0.5, 0.6) is 0 Å². The minimum atomic E-state index is -1.62. The number of nitrogens with one attached hydrogen (secondary N) is 1. The molecule has 2 fully saturated rings. The first-order chi connectivity index (χ1) is 9.23. The van der Waals surface area contributed by atoms with E-state index in [1.807, 2.05) is 13.8 Å². The van der Waals surface area contributed by atoms with E-state index >= 15 is 0 Å². The topological polar surface area (TPSA) is 122 Å². The number of carbonyl (C=O) groups excluding carboxylic acids is 1. The Bertz CT molecular complexity index is 425. The van der Waals surface area contributed by atoms with Crippen molar-refractivity contribution in [2.75, 3.05) is 13.2 Å². The molecule has 1 heterocycles. The summed E-state index contributed by atoms with van der Waals surface area (Å²) in [5.41, 5.74) is 4.72. The molecule has 1 saturated carbocycles. The number of fused-ring (bicyclic) bond motifs is 1. The number of carboxylic acids is 1. The number of carboxylic acid groups (broad SMARTS) is 1. The van der Waals surface area contributed by atoms with E-state index < -0.39 is 28.9 Å². The minimum Gasteiger partial charge on any atom is -0.479 e. The molecule has 0 aromatic heterocycles. The number of hydrogen-bond acceptors (Lipinski definition) is 5. The van der Waals surface area contributed by atoms with Crippen LogP contribution >= 0.6 is 0 Å². The minimum absolute atomic E-state index is 0.0450. The van der Waals surface area contributed by atoms with Crippen LogP contribution in [0.1, 0.15) is 26.7 Å². The molecule has 1 aliphatic heterocycles. The van der Waals surface area contributed by atoms with Gasteiger partial charge in [-0.1, -0.05) is 13.8 Å². The maximum Gasteiger partial charge on any atom is 0.334 e. The second-order valence-corrected chi connectivity index (χ2v) is 6.19. The van der Waals surface area contributed by atoms with Crippen molar-refractivity contribution in [3.05, 3.63) is 0 Å². The molecule has 1 saturated heterocycles. The smallest absolute Gasteiger partial charge is 0.334 e. The van der Waals surface area contributed by atoms with Crippen LogP contribution in [0.2, 0.25) is 0 Å². The van der Waals surface area contributed by atoms with Crippen molar-refractivity contribution >= 4 is 11.9 Å². The van der Waals surface area contributed by atoms with Crippen molar-refractivity contribution < 1.29 is 24.5 Å². The standard InChI is InChI=1S/C13H22N2O5/c1-12(2)9-7(4-3-5-20-9)13(12,14)11(19)15-6-8(16)10(17)18/h7-9,16H,3-6,14H2,1-2H3,(H,15,19)(H,17,18). The highest BCUT2D eigenvalue weighted by Gasteiger charge is 2.70. The van der Waals surface area contributed by atoms with Crippen LogP contribution in [0.4, 0.5) is 0 Å². The number of carbonyl (C=O) groups is 2. The number of ether oxygens (including phenoxy) is 1. The van der Waals surface area contributed by atoms with E-state index in [1.54, 1.807) is 0 Å². The number of aliphatic hydroxyl groups is 1. The summed E-state index contributed by atoms with van der Waals surface area (Å²) in [7, 11) is 0. The Balaban J connectivity index is 2.06. The van der Waals surface area contributed by atoms with E-state index in [0.717, 1.165) is 12.8 Å². The summed E-state index contributed by atoms with van der Waals surface area (Å²) in [6.45, 7) is 4.10. The van der Waals surface area contributed by atoms with E-state index in [4.69, 9.17) is 15.6 Å². The second kappa shape index (κ2) is 4.98. The molecule has 0 aromatic rings. The molecule has 114 valence electrons. The van der Waals surface area contributed by atoms with E-state index in [-0.39, 0.29) is 18.6 Å². The van der Waals surface area contributed by atoms with E-state index in [1.165, 1.54) is 0 Å². The molecule has 0 bridgehead atoms. The molecular weight excluding hydrogens is 264 g/mol. The van der Waals surface area contributed by atoms with Crippen LogP contribution < -0.4 is 11.1 Å². The molecular formula is C13H22N2O5. The molecule has 5 N–H and O–H groups in total. The number of hydrogen-bond donors (Lipinski definition) is 4. The SMILES string of the molecule is CC1(C)C2OCCCC2C1(N)C(=O)NCC(O)C(=O)O. The highest BCUT2D eigenvalue weighted by atomic mass is 16.5. The Morgan fingerprint density at radius 1 is 1.50 bits per heavy atom. The number of rotatable bonds is 4. The highest BCUT2D eigenvalue weighted by Crippen LogP contribution is 2.57. The third-order valence-corrected chi connectivity index (χ3v) is 4.80. The third kappa shape index (κ3) is 2.01. The van der Waals surface area contributed by atoms with Crippen molar-refractivity contribution in [2.45, 2.75) is 44.4 Å². The largest absolute Gasteiger partial charge is 0.479 e. The highest BCUT2D eigenvalue weighted by molar-refractivity contribution is 5.90. The number of amides is 1. The van der Waals surface area contributed by atoms with Gasteiger partial charge in [0.25, 0.3) is 0 Å². The molecule has 1 aliphatic carbocycles. The van der Waals surface area contributed by atoms with Gasteiger partial charge < -0.3 is 26.0 Å². The average Bonchev–Trinajstić information content (AvgIpc) is 2.43. The normalized spacial score (nSPS) is 36.4. The zero-order valence-corrected chi connectivity index (χ0v) is 11.8. The first kappa shape index (κ1) is 15.2. The Morgan fingerprint density at radius 2 is 2.15 bits per heavy atom. The van der Waals surface area contributed by atoms with Gasteiger partial charge in [-0.25, -0.2) is 4.79 Å². The summed E-state index contributed by atoms with van der Waals surface area (Å²) >= 11 is 0. The fourth-order valence-electron chi connectivity index (χ4n) is 3.46. The van der Waals surface area contributed by atoms with Crippen LogP contribution in [0.15, 0.2) is 0 Å². The predicted octanol–water partition coefficient (Wildman–Crippen LogP) is -0.919. The van der Waals surface area contributed by atoms with Crippen molar-refractivity contribution in [2.24, 2.45) is 17.1 Å². The van der Waals surface area contributed by atoms with Gasteiger partial charge in [-0.15, -0.1) is 0 Å². The summed E-state index contributed by atoms with van der Waals surface area (Å²) in [5, 5.41) is 20.3. The lowest BCUT2D eigenvalue weighted by Gasteiger charge is -2.65. The Kier molecular flexibility index (Phi) is 3.79. The van der Waals surface area contributed by atoms with Crippen molar-refractivity contribution in [3.8, 4) is 0 Å². The van der Waals surface area contributed by atoms with Crippen LogP contribution in [0.25, 0.3) is 0 Å². The van der Waals surface area contributed by atoms with Gasteiger partial charge in [-0.2, -0.15) is 0 Å².